The van der Waals surface area contributed by atoms with Crippen molar-refractivity contribution in [2.24, 2.45) is 0 Å². The standard InChI is InChI=1S/C17H15N3O2/c21-17(15-5-8-18-9-6-15)20(13-16-4-2-10-22-16)12-14-3-1-7-19-11-14/h1-11H,12-13H2. The second-order valence-corrected chi connectivity index (χ2v) is 4.84. The molecule has 3 heterocycles. The van der Waals surface area contributed by atoms with Gasteiger partial charge in [0.05, 0.1) is 12.8 Å². The minimum absolute atomic E-state index is 0.0670. The lowest BCUT2D eigenvalue weighted by molar-refractivity contribution is 0.0717. The molecule has 0 aliphatic carbocycles. The van der Waals surface area contributed by atoms with E-state index in [-0.39, 0.29) is 5.91 Å². The van der Waals surface area contributed by atoms with Crippen molar-refractivity contribution >= 4 is 5.91 Å². The van der Waals surface area contributed by atoms with Crippen LogP contribution in [-0.4, -0.2) is 20.8 Å². The summed E-state index contributed by atoms with van der Waals surface area (Å²) >= 11 is 0. The van der Waals surface area contributed by atoms with E-state index in [0.29, 0.717) is 18.7 Å². The van der Waals surface area contributed by atoms with Crippen LogP contribution in [0.15, 0.2) is 71.9 Å². The lowest BCUT2D eigenvalue weighted by Gasteiger charge is -2.21. The van der Waals surface area contributed by atoms with Gasteiger partial charge < -0.3 is 9.32 Å². The Bertz CT molecular complexity index is 712. The minimum Gasteiger partial charge on any atom is -0.467 e. The maximum absolute atomic E-state index is 12.7. The molecule has 0 aliphatic rings. The number of carbonyl (C=O) groups is 1. The zero-order chi connectivity index (χ0) is 15.2. The molecule has 0 saturated carbocycles. The highest BCUT2D eigenvalue weighted by Crippen LogP contribution is 2.13. The van der Waals surface area contributed by atoms with Crippen LogP contribution in [0.5, 0.6) is 0 Å². The molecule has 3 rings (SSSR count). The van der Waals surface area contributed by atoms with Crippen LogP contribution >= 0.6 is 0 Å². The van der Waals surface area contributed by atoms with Crippen molar-refractivity contribution in [3.05, 3.63) is 84.3 Å². The van der Waals surface area contributed by atoms with Crippen molar-refractivity contribution in [1.29, 1.82) is 0 Å². The largest absolute Gasteiger partial charge is 0.467 e. The summed E-state index contributed by atoms with van der Waals surface area (Å²) in [6.07, 6.45) is 8.30. The Morgan fingerprint density at radius 3 is 2.55 bits per heavy atom. The van der Waals surface area contributed by atoms with E-state index < -0.39 is 0 Å². The van der Waals surface area contributed by atoms with Crippen molar-refractivity contribution in [2.45, 2.75) is 13.1 Å². The number of carbonyl (C=O) groups excluding carboxylic acids is 1. The molecular weight excluding hydrogens is 278 g/mol. The number of rotatable bonds is 5. The van der Waals surface area contributed by atoms with E-state index in [9.17, 15) is 4.79 Å². The number of furan rings is 1. The molecule has 0 unspecified atom stereocenters. The molecule has 0 saturated heterocycles. The summed E-state index contributed by atoms with van der Waals surface area (Å²) in [5, 5.41) is 0. The molecule has 0 spiro atoms. The van der Waals surface area contributed by atoms with Gasteiger partial charge in [-0.15, -0.1) is 0 Å². The van der Waals surface area contributed by atoms with Crippen LogP contribution in [0.25, 0.3) is 0 Å². The highest BCUT2D eigenvalue weighted by molar-refractivity contribution is 5.93. The smallest absolute Gasteiger partial charge is 0.254 e. The molecule has 0 bridgehead atoms. The highest BCUT2D eigenvalue weighted by Gasteiger charge is 2.17. The Labute approximate surface area is 128 Å². The van der Waals surface area contributed by atoms with Crippen LogP contribution in [0.1, 0.15) is 21.7 Å². The van der Waals surface area contributed by atoms with E-state index in [2.05, 4.69) is 9.97 Å². The predicted molar refractivity (Wildman–Crippen MR) is 80.8 cm³/mol. The van der Waals surface area contributed by atoms with E-state index in [4.69, 9.17) is 4.42 Å². The first-order valence-electron chi connectivity index (χ1n) is 6.93. The summed E-state index contributed by atoms with van der Waals surface area (Å²) in [4.78, 5) is 22.5. The van der Waals surface area contributed by atoms with Gasteiger partial charge in [0.15, 0.2) is 0 Å². The van der Waals surface area contributed by atoms with E-state index in [1.165, 1.54) is 0 Å². The molecule has 0 aliphatic heterocycles. The number of pyridine rings is 2. The van der Waals surface area contributed by atoms with E-state index in [0.717, 1.165) is 11.3 Å². The van der Waals surface area contributed by atoms with Gasteiger partial charge in [-0.05, 0) is 35.9 Å². The Kier molecular flexibility index (Phi) is 4.25. The molecule has 3 aromatic rings. The second kappa shape index (κ2) is 6.67. The fourth-order valence-electron chi connectivity index (χ4n) is 2.18. The topological polar surface area (TPSA) is 59.2 Å². The summed E-state index contributed by atoms with van der Waals surface area (Å²) in [6, 6.07) is 10.9. The average Bonchev–Trinajstić information content (AvgIpc) is 3.08. The lowest BCUT2D eigenvalue weighted by Crippen LogP contribution is -2.30. The summed E-state index contributed by atoms with van der Waals surface area (Å²) in [5.74, 6) is 0.675. The number of amides is 1. The fourth-order valence-corrected chi connectivity index (χ4v) is 2.18. The van der Waals surface area contributed by atoms with E-state index in [1.807, 2.05) is 24.3 Å². The van der Waals surface area contributed by atoms with Crippen LogP contribution in [-0.2, 0) is 13.1 Å². The quantitative estimate of drug-likeness (QED) is 0.725. The van der Waals surface area contributed by atoms with Gasteiger partial charge in [0.1, 0.15) is 5.76 Å². The van der Waals surface area contributed by atoms with E-state index in [1.54, 1.807) is 48.1 Å². The fraction of sp³-hybridized carbons (Fsp3) is 0.118. The molecule has 110 valence electrons. The summed E-state index contributed by atoms with van der Waals surface area (Å²) in [6.45, 7) is 0.874. The summed E-state index contributed by atoms with van der Waals surface area (Å²) in [7, 11) is 0. The molecular formula is C17H15N3O2. The van der Waals surface area contributed by atoms with Crippen LogP contribution in [0.3, 0.4) is 0 Å². The van der Waals surface area contributed by atoms with E-state index >= 15 is 0 Å². The lowest BCUT2D eigenvalue weighted by atomic mass is 10.2. The third-order valence-corrected chi connectivity index (χ3v) is 3.24. The summed E-state index contributed by atoms with van der Waals surface area (Å²) in [5.41, 5.74) is 1.57. The van der Waals surface area contributed by atoms with Gasteiger partial charge in [-0.3, -0.25) is 14.8 Å². The van der Waals surface area contributed by atoms with Gasteiger partial charge in [0.25, 0.3) is 5.91 Å². The van der Waals surface area contributed by atoms with Gasteiger partial charge in [-0.2, -0.15) is 0 Å². The van der Waals surface area contributed by atoms with Crippen LogP contribution in [0.2, 0.25) is 0 Å². The molecule has 3 aromatic heterocycles. The van der Waals surface area contributed by atoms with Crippen molar-refractivity contribution in [3.63, 3.8) is 0 Å². The number of hydrogen-bond donors (Lipinski definition) is 0. The molecule has 5 nitrogen and oxygen atoms in total. The van der Waals surface area contributed by atoms with Crippen molar-refractivity contribution in [2.75, 3.05) is 0 Å². The Hall–Kier alpha value is -2.95. The van der Waals surface area contributed by atoms with Gasteiger partial charge in [0, 0.05) is 36.9 Å². The zero-order valence-electron chi connectivity index (χ0n) is 11.9. The first-order valence-corrected chi connectivity index (χ1v) is 6.93. The first-order chi connectivity index (χ1) is 10.8. The van der Waals surface area contributed by atoms with Gasteiger partial charge in [-0.25, -0.2) is 0 Å². The maximum atomic E-state index is 12.7. The minimum atomic E-state index is -0.0670. The second-order valence-electron chi connectivity index (χ2n) is 4.84. The molecule has 1 amide bonds. The van der Waals surface area contributed by atoms with Crippen LogP contribution in [0, 0.1) is 0 Å². The molecule has 0 aromatic carbocycles. The average molecular weight is 293 g/mol. The van der Waals surface area contributed by atoms with Crippen LogP contribution in [0.4, 0.5) is 0 Å². The Balaban J connectivity index is 1.84. The Morgan fingerprint density at radius 1 is 1.00 bits per heavy atom. The summed E-state index contributed by atoms with van der Waals surface area (Å²) < 4.78 is 5.37. The normalized spacial score (nSPS) is 10.4. The van der Waals surface area contributed by atoms with Gasteiger partial charge in [-0.1, -0.05) is 6.07 Å². The van der Waals surface area contributed by atoms with Crippen molar-refractivity contribution in [3.8, 4) is 0 Å². The first kappa shape index (κ1) is 14.0. The Morgan fingerprint density at radius 2 is 1.86 bits per heavy atom. The third-order valence-electron chi connectivity index (χ3n) is 3.24. The predicted octanol–water partition coefficient (Wildman–Crippen LogP) is 2.91. The van der Waals surface area contributed by atoms with Crippen molar-refractivity contribution in [1.82, 2.24) is 14.9 Å². The number of hydrogen-bond acceptors (Lipinski definition) is 4. The zero-order valence-corrected chi connectivity index (χ0v) is 11.9. The maximum Gasteiger partial charge on any atom is 0.254 e. The molecule has 22 heavy (non-hydrogen) atoms. The van der Waals surface area contributed by atoms with Gasteiger partial charge in [0.2, 0.25) is 0 Å². The molecule has 5 heteroatoms. The molecule has 0 fully saturated rings. The molecule has 0 atom stereocenters. The highest BCUT2D eigenvalue weighted by atomic mass is 16.3. The number of aromatic nitrogens is 2. The monoisotopic (exact) mass is 293 g/mol. The van der Waals surface area contributed by atoms with Crippen molar-refractivity contribution < 1.29 is 9.21 Å². The third kappa shape index (κ3) is 3.38. The SMILES string of the molecule is O=C(c1ccncc1)N(Cc1cccnc1)Cc1ccco1. The number of nitrogens with zero attached hydrogens (tertiary/aromatic N) is 3. The molecule has 0 radical (unpaired) electrons. The molecule has 0 N–H and O–H groups in total. The van der Waals surface area contributed by atoms with Gasteiger partial charge >= 0.3 is 0 Å². The van der Waals surface area contributed by atoms with Crippen LogP contribution < -0.4 is 0 Å².